The Hall–Kier alpha value is -1.13. The van der Waals surface area contributed by atoms with Crippen LogP contribution in [0, 0.1) is 0 Å². The Morgan fingerprint density at radius 1 is 1.59 bits per heavy atom. The van der Waals surface area contributed by atoms with Crippen LogP contribution in [0.1, 0.15) is 25.2 Å². The van der Waals surface area contributed by atoms with Crippen LogP contribution in [0.15, 0.2) is 18.3 Å². The highest BCUT2D eigenvalue weighted by Crippen LogP contribution is 2.30. The number of imidazole rings is 1. The van der Waals surface area contributed by atoms with Gasteiger partial charge in [0.05, 0.1) is 18.0 Å². The lowest BCUT2D eigenvalue weighted by Gasteiger charge is -2.18. The second-order valence-electron chi connectivity index (χ2n) is 4.31. The van der Waals surface area contributed by atoms with Crippen LogP contribution in [-0.2, 0) is 10.6 Å². The normalized spacial score (nSPS) is 24.6. The van der Waals surface area contributed by atoms with Gasteiger partial charge in [-0.1, -0.05) is 0 Å². The Bertz CT molecular complexity index is 540. The molecule has 1 aliphatic heterocycles. The zero-order valence-corrected chi connectivity index (χ0v) is 10.4. The number of hydrogen-bond acceptors (Lipinski definition) is 3. The summed E-state index contributed by atoms with van der Waals surface area (Å²) in [6.07, 6.45) is 2.97. The van der Waals surface area contributed by atoms with Crippen molar-refractivity contribution in [3.63, 3.8) is 0 Å². The average molecular weight is 252 g/mol. The number of hydrogen-bond donors (Lipinski definition) is 0. The highest BCUT2D eigenvalue weighted by molar-refractivity contribution is 6.16. The Kier molecular flexibility index (Phi) is 2.76. The van der Waals surface area contributed by atoms with E-state index in [1.54, 1.807) is 6.20 Å². The molecule has 0 saturated carbocycles. The summed E-state index contributed by atoms with van der Waals surface area (Å²) in [5.74, 6) is 1.28. The monoisotopic (exact) mass is 251 g/mol. The zero-order valence-electron chi connectivity index (χ0n) is 9.64. The number of halogens is 1. The lowest BCUT2D eigenvalue weighted by molar-refractivity contribution is 0.108. The third-order valence-electron chi connectivity index (χ3n) is 3.31. The molecule has 0 aromatic carbocycles. The van der Waals surface area contributed by atoms with E-state index < -0.39 is 0 Å². The smallest absolute Gasteiger partial charge is 0.160 e. The number of rotatable bonds is 2. The summed E-state index contributed by atoms with van der Waals surface area (Å²) < 4.78 is 7.76. The van der Waals surface area contributed by atoms with Gasteiger partial charge in [-0.25, -0.2) is 9.97 Å². The number of nitrogens with zero attached hydrogens (tertiary/aromatic N) is 3. The van der Waals surface area contributed by atoms with Gasteiger partial charge in [0.15, 0.2) is 5.65 Å². The van der Waals surface area contributed by atoms with Gasteiger partial charge in [-0.2, -0.15) is 0 Å². The summed E-state index contributed by atoms with van der Waals surface area (Å²) in [5.41, 5.74) is 1.81. The Labute approximate surface area is 105 Å². The van der Waals surface area contributed by atoms with Crippen molar-refractivity contribution >= 4 is 22.8 Å². The number of aromatic nitrogens is 3. The molecule has 1 saturated heterocycles. The number of fused-ring (bicyclic) bond motifs is 1. The summed E-state index contributed by atoms with van der Waals surface area (Å²) in [5, 5.41) is 0. The molecule has 0 bridgehead atoms. The standard InChI is InChI=1S/C12H14ClN3O/c1-8-10(4-6-17-8)16-11(7-13)15-9-3-2-5-14-12(9)16/h2-3,5,8,10H,4,6-7H2,1H3. The number of ether oxygens (including phenoxy) is 1. The van der Waals surface area contributed by atoms with Crippen molar-refractivity contribution in [3.05, 3.63) is 24.2 Å². The van der Waals surface area contributed by atoms with Crippen LogP contribution >= 0.6 is 11.6 Å². The van der Waals surface area contributed by atoms with E-state index in [-0.39, 0.29) is 6.10 Å². The van der Waals surface area contributed by atoms with Crippen molar-refractivity contribution in [2.75, 3.05) is 6.61 Å². The molecular formula is C12H14ClN3O. The van der Waals surface area contributed by atoms with E-state index in [2.05, 4.69) is 21.5 Å². The van der Waals surface area contributed by atoms with Gasteiger partial charge < -0.3 is 9.30 Å². The van der Waals surface area contributed by atoms with E-state index in [1.807, 2.05) is 12.1 Å². The van der Waals surface area contributed by atoms with E-state index in [1.165, 1.54) is 0 Å². The molecule has 5 heteroatoms. The van der Waals surface area contributed by atoms with Gasteiger partial charge in [0, 0.05) is 12.8 Å². The molecule has 1 fully saturated rings. The van der Waals surface area contributed by atoms with Gasteiger partial charge in [0.1, 0.15) is 11.3 Å². The molecule has 1 aliphatic rings. The van der Waals surface area contributed by atoms with Crippen molar-refractivity contribution in [1.29, 1.82) is 0 Å². The van der Waals surface area contributed by atoms with Crippen LogP contribution in [0.5, 0.6) is 0 Å². The summed E-state index contributed by atoms with van der Waals surface area (Å²) in [6, 6.07) is 4.16. The molecule has 17 heavy (non-hydrogen) atoms. The summed E-state index contributed by atoms with van der Waals surface area (Å²) in [4.78, 5) is 8.94. The molecule has 0 radical (unpaired) electrons. The van der Waals surface area contributed by atoms with Crippen molar-refractivity contribution in [2.24, 2.45) is 0 Å². The van der Waals surface area contributed by atoms with Crippen LogP contribution in [0.3, 0.4) is 0 Å². The van der Waals surface area contributed by atoms with Crippen molar-refractivity contribution in [3.8, 4) is 0 Å². The van der Waals surface area contributed by atoms with Crippen LogP contribution < -0.4 is 0 Å². The Morgan fingerprint density at radius 2 is 2.47 bits per heavy atom. The van der Waals surface area contributed by atoms with Gasteiger partial charge >= 0.3 is 0 Å². The Balaban J connectivity index is 2.18. The number of alkyl halides is 1. The predicted octanol–water partition coefficient (Wildman–Crippen LogP) is 2.52. The predicted molar refractivity (Wildman–Crippen MR) is 66.2 cm³/mol. The zero-order chi connectivity index (χ0) is 11.8. The fraction of sp³-hybridized carbons (Fsp3) is 0.500. The van der Waals surface area contributed by atoms with Crippen molar-refractivity contribution in [2.45, 2.75) is 31.4 Å². The molecule has 0 aliphatic carbocycles. The molecule has 2 atom stereocenters. The molecule has 4 nitrogen and oxygen atoms in total. The molecule has 3 heterocycles. The average Bonchev–Trinajstić information content (AvgIpc) is 2.91. The van der Waals surface area contributed by atoms with Gasteiger partial charge in [-0.05, 0) is 25.5 Å². The third kappa shape index (κ3) is 1.72. The summed E-state index contributed by atoms with van der Waals surface area (Å²) in [7, 11) is 0. The topological polar surface area (TPSA) is 39.9 Å². The quantitative estimate of drug-likeness (QED) is 0.770. The fourth-order valence-electron chi connectivity index (χ4n) is 2.48. The first-order valence-corrected chi connectivity index (χ1v) is 6.34. The highest BCUT2D eigenvalue weighted by Gasteiger charge is 2.29. The lowest BCUT2D eigenvalue weighted by Crippen LogP contribution is -2.19. The van der Waals surface area contributed by atoms with Crippen molar-refractivity contribution in [1.82, 2.24) is 14.5 Å². The molecule has 2 aromatic rings. The maximum atomic E-state index is 5.98. The molecule has 0 amide bonds. The first-order chi connectivity index (χ1) is 8.31. The van der Waals surface area contributed by atoms with Crippen LogP contribution in [0.4, 0.5) is 0 Å². The molecular weight excluding hydrogens is 238 g/mol. The van der Waals surface area contributed by atoms with Crippen LogP contribution in [0.25, 0.3) is 11.2 Å². The largest absolute Gasteiger partial charge is 0.376 e. The van der Waals surface area contributed by atoms with Crippen LogP contribution in [0.2, 0.25) is 0 Å². The van der Waals surface area contributed by atoms with Gasteiger partial charge in [-0.3, -0.25) is 0 Å². The van der Waals surface area contributed by atoms with E-state index in [9.17, 15) is 0 Å². The minimum atomic E-state index is 0.191. The summed E-state index contributed by atoms with van der Waals surface area (Å²) in [6.45, 7) is 2.88. The van der Waals surface area contributed by atoms with Gasteiger partial charge in [0.25, 0.3) is 0 Å². The maximum Gasteiger partial charge on any atom is 0.160 e. The second kappa shape index (κ2) is 4.27. The minimum Gasteiger partial charge on any atom is -0.376 e. The van der Waals surface area contributed by atoms with E-state index >= 15 is 0 Å². The fourth-order valence-corrected chi connectivity index (χ4v) is 2.67. The summed E-state index contributed by atoms with van der Waals surface area (Å²) >= 11 is 5.98. The van der Waals surface area contributed by atoms with Gasteiger partial charge in [-0.15, -0.1) is 11.6 Å². The van der Waals surface area contributed by atoms with Crippen LogP contribution in [-0.4, -0.2) is 27.2 Å². The minimum absolute atomic E-state index is 0.191. The van der Waals surface area contributed by atoms with Gasteiger partial charge in [0.2, 0.25) is 0 Å². The highest BCUT2D eigenvalue weighted by atomic mass is 35.5. The van der Waals surface area contributed by atoms with E-state index in [0.29, 0.717) is 11.9 Å². The molecule has 2 aromatic heterocycles. The second-order valence-corrected chi connectivity index (χ2v) is 4.58. The maximum absolute atomic E-state index is 5.98. The molecule has 0 N–H and O–H groups in total. The lowest BCUT2D eigenvalue weighted by atomic mass is 10.1. The molecule has 3 rings (SSSR count). The van der Waals surface area contributed by atoms with Crippen molar-refractivity contribution < 1.29 is 4.74 Å². The SMILES string of the molecule is CC1OCCC1n1c(CCl)nc2cccnc21. The van der Waals surface area contributed by atoms with E-state index in [4.69, 9.17) is 16.3 Å². The molecule has 0 spiro atoms. The van der Waals surface area contributed by atoms with E-state index in [0.717, 1.165) is 30.0 Å². The molecule has 2 unspecified atom stereocenters. The number of pyridine rings is 1. The Morgan fingerprint density at radius 3 is 3.18 bits per heavy atom. The third-order valence-corrected chi connectivity index (χ3v) is 3.55. The first-order valence-electron chi connectivity index (χ1n) is 5.80. The first kappa shape index (κ1) is 11.0. The molecule has 90 valence electrons.